The van der Waals surface area contributed by atoms with E-state index in [2.05, 4.69) is 0 Å². The van der Waals surface area contributed by atoms with Crippen LogP contribution in [0.3, 0.4) is 0 Å². The highest BCUT2D eigenvalue weighted by Crippen LogP contribution is 2.49. The van der Waals surface area contributed by atoms with Crippen LogP contribution in [0.15, 0.2) is 12.1 Å². The quantitative estimate of drug-likeness (QED) is 0.898. The van der Waals surface area contributed by atoms with E-state index in [1.54, 1.807) is 7.11 Å². The van der Waals surface area contributed by atoms with Crippen LogP contribution in [0.5, 0.6) is 5.75 Å². The first-order valence-electron chi connectivity index (χ1n) is 5.55. The third-order valence-electron chi connectivity index (χ3n) is 3.45. The average Bonchev–Trinajstić information content (AvgIpc) is 3.04. The number of aliphatic carboxylic acids is 1. The van der Waals surface area contributed by atoms with Crippen LogP contribution in [0.25, 0.3) is 0 Å². The lowest BCUT2D eigenvalue weighted by Gasteiger charge is -2.14. The molecule has 0 aliphatic heterocycles. The largest absolute Gasteiger partial charge is 0.495 e. The van der Waals surface area contributed by atoms with Gasteiger partial charge in [-0.25, -0.2) is 0 Å². The Morgan fingerprint density at radius 1 is 1.53 bits per heavy atom. The standard InChI is InChI=1S/C13H15ClO3/c1-8-5-11(17-2)10(14)6-9(8)7-13(3-4-13)12(15)16/h5-6H,3-4,7H2,1-2H3,(H,15,16). The molecule has 1 aromatic carbocycles. The van der Waals surface area contributed by atoms with Crippen molar-refractivity contribution < 1.29 is 14.6 Å². The molecule has 4 heteroatoms. The highest BCUT2D eigenvalue weighted by atomic mass is 35.5. The number of carboxylic acids is 1. The number of rotatable bonds is 4. The molecule has 1 N–H and O–H groups in total. The molecule has 0 saturated heterocycles. The van der Waals surface area contributed by atoms with Crippen LogP contribution in [-0.4, -0.2) is 18.2 Å². The van der Waals surface area contributed by atoms with Crippen molar-refractivity contribution in [3.8, 4) is 5.75 Å². The van der Waals surface area contributed by atoms with Crippen molar-refractivity contribution in [1.82, 2.24) is 0 Å². The lowest BCUT2D eigenvalue weighted by molar-refractivity contribution is -0.143. The molecule has 92 valence electrons. The zero-order chi connectivity index (χ0) is 12.6. The van der Waals surface area contributed by atoms with Gasteiger partial charge in [-0.15, -0.1) is 0 Å². The molecule has 1 fully saturated rings. The molecule has 2 rings (SSSR count). The lowest BCUT2D eigenvalue weighted by Crippen LogP contribution is -2.18. The Kier molecular flexibility index (Phi) is 3.04. The second-order valence-electron chi connectivity index (χ2n) is 4.68. The maximum Gasteiger partial charge on any atom is 0.309 e. The number of ether oxygens (including phenoxy) is 1. The van der Waals surface area contributed by atoms with Crippen molar-refractivity contribution in [2.45, 2.75) is 26.2 Å². The normalized spacial score (nSPS) is 16.6. The Morgan fingerprint density at radius 3 is 2.65 bits per heavy atom. The number of hydrogen-bond donors (Lipinski definition) is 1. The average molecular weight is 255 g/mol. The Bertz CT molecular complexity index is 464. The monoisotopic (exact) mass is 254 g/mol. The van der Waals surface area contributed by atoms with E-state index < -0.39 is 11.4 Å². The van der Waals surface area contributed by atoms with Crippen LogP contribution in [0.2, 0.25) is 5.02 Å². The molecule has 0 radical (unpaired) electrons. The van der Waals surface area contributed by atoms with Gasteiger partial charge in [-0.2, -0.15) is 0 Å². The molecule has 0 heterocycles. The summed E-state index contributed by atoms with van der Waals surface area (Å²) in [7, 11) is 1.57. The molecule has 3 nitrogen and oxygen atoms in total. The van der Waals surface area contributed by atoms with Gasteiger partial charge in [-0.05, 0) is 49.4 Å². The molecular weight excluding hydrogens is 240 g/mol. The number of methoxy groups -OCH3 is 1. The number of benzene rings is 1. The topological polar surface area (TPSA) is 46.5 Å². The Labute approximate surface area is 105 Å². The minimum absolute atomic E-state index is 0.536. The van der Waals surface area contributed by atoms with Gasteiger partial charge in [-0.3, -0.25) is 4.79 Å². The number of carboxylic acid groups (broad SMARTS) is 1. The van der Waals surface area contributed by atoms with Crippen LogP contribution in [0.1, 0.15) is 24.0 Å². The summed E-state index contributed by atoms with van der Waals surface area (Å²) in [6.07, 6.45) is 2.06. The molecule has 0 amide bonds. The van der Waals surface area contributed by atoms with Gasteiger partial charge in [0.2, 0.25) is 0 Å². The fourth-order valence-electron chi connectivity index (χ4n) is 2.02. The summed E-state index contributed by atoms with van der Waals surface area (Å²) in [6, 6.07) is 3.67. The maximum atomic E-state index is 11.1. The minimum atomic E-state index is -0.705. The SMILES string of the molecule is COc1cc(C)c(CC2(C(=O)O)CC2)cc1Cl. The third kappa shape index (κ3) is 2.25. The van der Waals surface area contributed by atoms with Gasteiger partial charge < -0.3 is 9.84 Å². The number of hydrogen-bond acceptors (Lipinski definition) is 2. The van der Waals surface area contributed by atoms with Gasteiger partial charge in [-0.1, -0.05) is 11.6 Å². The predicted molar refractivity (Wildman–Crippen MR) is 65.7 cm³/mol. The maximum absolute atomic E-state index is 11.1. The van der Waals surface area contributed by atoms with Gasteiger partial charge in [0.15, 0.2) is 0 Å². The van der Waals surface area contributed by atoms with E-state index in [0.29, 0.717) is 17.2 Å². The van der Waals surface area contributed by atoms with Crippen molar-refractivity contribution in [3.63, 3.8) is 0 Å². The van der Waals surface area contributed by atoms with Crippen molar-refractivity contribution in [2.75, 3.05) is 7.11 Å². The van der Waals surface area contributed by atoms with E-state index in [1.807, 2.05) is 19.1 Å². The Morgan fingerprint density at radius 2 is 2.18 bits per heavy atom. The second-order valence-corrected chi connectivity index (χ2v) is 5.08. The van der Waals surface area contributed by atoms with E-state index in [0.717, 1.165) is 24.0 Å². The summed E-state index contributed by atoms with van der Waals surface area (Å²) in [5.74, 6) is -0.0723. The van der Waals surface area contributed by atoms with Crippen LogP contribution in [-0.2, 0) is 11.2 Å². The summed E-state index contributed by atoms with van der Waals surface area (Å²) in [5.41, 5.74) is 1.47. The molecular formula is C13H15ClO3. The van der Waals surface area contributed by atoms with Crippen molar-refractivity contribution in [3.05, 3.63) is 28.3 Å². The molecule has 1 aliphatic rings. The van der Waals surface area contributed by atoms with E-state index in [4.69, 9.17) is 21.4 Å². The van der Waals surface area contributed by atoms with Gasteiger partial charge in [0.1, 0.15) is 5.75 Å². The first-order valence-corrected chi connectivity index (χ1v) is 5.93. The van der Waals surface area contributed by atoms with Crippen LogP contribution < -0.4 is 4.74 Å². The second kappa shape index (κ2) is 4.22. The zero-order valence-corrected chi connectivity index (χ0v) is 10.7. The Balaban J connectivity index is 2.28. The minimum Gasteiger partial charge on any atom is -0.495 e. The fraction of sp³-hybridized carbons (Fsp3) is 0.462. The number of halogens is 1. The van der Waals surface area contributed by atoms with Crippen molar-refractivity contribution in [1.29, 1.82) is 0 Å². The lowest BCUT2D eigenvalue weighted by atomic mass is 9.93. The molecule has 0 atom stereocenters. The molecule has 17 heavy (non-hydrogen) atoms. The van der Waals surface area contributed by atoms with Gasteiger partial charge in [0, 0.05) is 0 Å². The molecule has 1 aromatic rings. The van der Waals surface area contributed by atoms with Gasteiger partial charge >= 0.3 is 5.97 Å². The first kappa shape index (κ1) is 12.2. The van der Waals surface area contributed by atoms with Crippen LogP contribution in [0, 0.1) is 12.3 Å². The number of carbonyl (C=O) groups is 1. The third-order valence-corrected chi connectivity index (χ3v) is 3.74. The summed E-state index contributed by atoms with van der Waals surface area (Å²) in [5, 5.41) is 9.70. The van der Waals surface area contributed by atoms with E-state index in [9.17, 15) is 4.79 Å². The first-order chi connectivity index (χ1) is 7.98. The fourth-order valence-corrected chi connectivity index (χ4v) is 2.29. The smallest absolute Gasteiger partial charge is 0.309 e. The molecule has 1 aliphatic carbocycles. The zero-order valence-electron chi connectivity index (χ0n) is 9.92. The molecule has 0 aromatic heterocycles. The van der Waals surface area contributed by atoms with Crippen molar-refractivity contribution >= 4 is 17.6 Å². The highest BCUT2D eigenvalue weighted by molar-refractivity contribution is 6.32. The summed E-state index contributed by atoms with van der Waals surface area (Å²) in [6.45, 7) is 1.95. The van der Waals surface area contributed by atoms with E-state index in [1.165, 1.54) is 0 Å². The van der Waals surface area contributed by atoms with Crippen LogP contribution in [0.4, 0.5) is 0 Å². The molecule has 0 bridgehead atoms. The Hall–Kier alpha value is -1.22. The van der Waals surface area contributed by atoms with E-state index in [-0.39, 0.29) is 0 Å². The van der Waals surface area contributed by atoms with Gasteiger partial charge in [0.05, 0.1) is 17.5 Å². The summed E-state index contributed by atoms with van der Waals surface area (Å²) < 4.78 is 5.13. The summed E-state index contributed by atoms with van der Waals surface area (Å²) in [4.78, 5) is 11.1. The van der Waals surface area contributed by atoms with Gasteiger partial charge in [0.25, 0.3) is 0 Å². The number of aryl methyl sites for hydroxylation is 1. The molecule has 1 saturated carbocycles. The van der Waals surface area contributed by atoms with E-state index >= 15 is 0 Å². The molecule has 0 spiro atoms. The summed E-state index contributed by atoms with van der Waals surface area (Å²) >= 11 is 6.06. The van der Waals surface area contributed by atoms with Crippen molar-refractivity contribution in [2.24, 2.45) is 5.41 Å². The highest BCUT2D eigenvalue weighted by Gasteiger charge is 2.50. The van der Waals surface area contributed by atoms with Crippen LogP contribution >= 0.6 is 11.6 Å². The molecule has 0 unspecified atom stereocenters. The predicted octanol–water partition coefficient (Wildman–Crippen LogP) is 3.06.